The lowest BCUT2D eigenvalue weighted by Crippen LogP contribution is -2.48. The molecule has 0 saturated carbocycles. The Kier molecular flexibility index (Phi) is 5.67. The third-order valence-electron chi connectivity index (χ3n) is 5.38. The van der Waals surface area contributed by atoms with E-state index in [-0.39, 0.29) is 5.91 Å². The van der Waals surface area contributed by atoms with Crippen molar-refractivity contribution in [3.63, 3.8) is 0 Å². The number of rotatable bonds is 4. The van der Waals surface area contributed by atoms with Gasteiger partial charge in [0.25, 0.3) is 5.91 Å². The first-order valence-electron chi connectivity index (χ1n) is 9.59. The number of benzene rings is 1. The lowest BCUT2D eigenvalue weighted by molar-refractivity contribution is 0.0627. The zero-order valence-electron chi connectivity index (χ0n) is 16.7. The van der Waals surface area contributed by atoms with Crippen LogP contribution in [-0.4, -0.2) is 46.5 Å². The van der Waals surface area contributed by atoms with Crippen LogP contribution in [0.5, 0.6) is 0 Å². The second-order valence-electron chi connectivity index (χ2n) is 7.63. The maximum absolute atomic E-state index is 13.0. The Morgan fingerprint density at radius 3 is 2.26 bits per heavy atom. The molecule has 27 heavy (non-hydrogen) atoms. The van der Waals surface area contributed by atoms with Crippen LogP contribution in [-0.2, 0) is 6.54 Å². The molecule has 1 aliphatic heterocycles. The second kappa shape index (κ2) is 7.98. The van der Waals surface area contributed by atoms with Gasteiger partial charge in [-0.25, -0.2) is 0 Å². The average Bonchev–Trinajstić information content (AvgIpc) is 2.96. The van der Waals surface area contributed by atoms with Gasteiger partial charge in [0.1, 0.15) is 0 Å². The van der Waals surface area contributed by atoms with Gasteiger partial charge in [-0.15, -0.1) is 0 Å². The fraction of sp³-hybridized carbons (Fsp3) is 0.455. The number of nitriles is 1. The molecule has 0 radical (unpaired) electrons. The largest absolute Gasteiger partial charge is 0.346 e. The number of carbonyl (C=O) groups excluding carboxylic acids is 1. The monoisotopic (exact) mass is 364 g/mol. The summed E-state index contributed by atoms with van der Waals surface area (Å²) in [7, 11) is 0. The van der Waals surface area contributed by atoms with Gasteiger partial charge in [0.2, 0.25) is 0 Å². The zero-order valence-corrected chi connectivity index (χ0v) is 16.7. The number of nitrogens with zero attached hydrogens (tertiary/aromatic N) is 4. The van der Waals surface area contributed by atoms with Crippen molar-refractivity contribution in [3.8, 4) is 6.07 Å². The minimum atomic E-state index is 0.146. The standard InChI is InChI=1S/C22H28N4O/c1-16(2)26-17(3)13-21(18(26)4)22(27)25-11-9-24(10-12-25)15-20-7-5-19(14-23)6-8-20/h5-8,13,16H,9-12,15H2,1-4H3. The lowest BCUT2D eigenvalue weighted by atomic mass is 10.1. The van der Waals surface area contributed by atoms with Crippen molar-refractivity contribution in [2.45, 2.75) is 40.3 Å². The molecule has 2 heterocycles. The van der Waals surface area contributed by atoms with Crippen LogP contribution < -0.4 is 0 Å². The van der Waals surface area contributed by atoms with Crippen molar-refractivity contribution in [2.75, 3.05) is 26.2 Å². The van der Waals surface area contributed by atoms with Gasteiger partial charge in [-0.05, 0) is 51.5 Å². The molecule has 0 atom stereocenters. The summed E-state index contributed by atoms with van der Waals surface area (Å²) in [4.78, 5) is 17.3. The normalized spacial score (nSPS) is 15.2. The summed E-state index contributed by atoms with van der Waals surface area (Å²) in [6, 6.07) is 12.3. The molecule has 2 aromatic rings. The van der Waals surface area contributed by atoms with Crippen LogP contribution in [0.1, 0.15) is 52.8 Å². The van der Waals surface area contributed by atoms with E-state index in [4.69, 9.17) is 5.26 Å². The van der Waals surface area contributed by atoms with E-state index in [2.05, 4.69) is 36.3 Å². The molecule has 1 saturated heterocycles. The molecule has 0 N–H and O–H groups in total. The van der Waals surface area contributed by atoms with Crippen molar-refractivity contribution in [1.29, 1.82) is 5.26 Å². The van der Waals surface area contributed by atoms with Gasteiger partial charge in [-0.2, -0.15) is 5.26 Å². The lowest BCUT2D eigenvalue weighted by Gasteiger charge is -2.34. The van der Waals surface area contributed by atoms with Gasteiger partial charge in [0, 0.05) is 50.2 Å². The first kappa shape index (κ1) is 19.2. The Balaban J connectivity index is 1.61. The quantitative estimate of drug-likeness (QED) is 0.834. The van der Waals surface area contributed by atoms with Crippen molar-refractivity contribution < 1.29 is 4.79 Å². The Bertz CT molecular complexity index is 850. The average molecular weight is 364 g/mol. The maximum Gasteiger partial charge on any atom is 0.255 e. The summed E-state index contributed by atoms with van der Waals surface area (Å²) in [5.74, 6) is 0.146. The Labute approximate surface area is 161 Å². The van der Waals surface area contributed by atoms with Gasteiger partial charge in [-0.1, -0.05) is 12.1 Å². The topological polar surface area (TPSA) is 52.3 Å². The van der Waals surface area contributed by atoms with Crippen LogP contribution in [0.15, 0.2) is 30.3 Å². The molecule has 0 spiro atoms. The number of amides is 1. The number of carbonyl (C=O) groups is 1. The number of hydrogen-bond donors (Lipinski definition) is 0. The molecule has 1 aromatic heterocycles. The predicted octanol–water partition coefficient (Wildman–Crippen LogP) is 3.52. The maximum atomic E-state index is 13.0. The van der Waals surface area contributed by atoms with Crippen LogP contribution in [0.3, 0.4) is 0 Å². The van der Waals surface area contributed by atoms with Gasteiger partial charge in [0.15, 0.2) is 0 Å². The number of hydrogen-bond acceptors (Lipinski definition) is 3. The first-order chi connectivity index (χ1) is 12.9. The van der Waals surface area contributed by atoms with Gasteiger partial charge in [-0.3, -0.25) is 9.69 Å². The molecule has 1 amide bonds. The van der Waals surface area contributed by atoms with Crippen LogP contribution in [0.4, 0.5) is 0 Å². The van der Waals surface area contributed by atoms with E-state index in [1.807, 2.05) is 42.2 Å². The zero-order chi connectivity index (χ0) is 19.6. The van der Waals surface area contributed by atoms with E-state index in [1.54, 1.807) is 0 Å². The molecule has 1 aliphatic rings. The fourth-order valence-electron chi connectivity index (χ4n) is 4.01. The van der Waals surface area contributed by atoms with Crippen molar-refractivity contribution >= 4 is 5.91 Å². The molecule has 142 valence electrons. The molecule has 3 rings (SSSR count). The SMILES string of the molecule is Cc1cc(C(=O)N2CCN(Cc3ccc(C#N)cc3)CC2)c(C)n1C(C)C. The van der Waals surface area contributed by atoms with Gasteiger partial charge >= 0.3 is 0 Å². The van der Waals surface area contributed by atoms with Crippen LogP contribution >= 0.6 is 0 Å². The summed E-state index contributed by atoms with van der Waals surface area (Å²) in [6.07, 6.45) is 0. The van der Waals surface area contributed by atoms with Crippen molar-refractivity contribution in [3.05, 3.63) is 58.4 Å². The van der Waals surface area contributed by atoms with E-state index in [0.717, 1.165) is 49.7 Å². The highest BCUT2D eigenvalue weighted by Crippen LogP contribution is 2.22. The first-order valence-corrected chi connectivity index (χ1v) is 9.59. The van der Waals surface area contributed by atoms with Crippen LogP contribution in [0.2, 0.25) is 0 Å². The highest BCUT2D eigenvalue weighted by molar-refractivity contribution is 5.95. The molecular formula is C22H28N4O. The fourth-order valence-corrected chi connectivity index (χ4v) is 4.01. The minimum absolute atomic E-state index is 0.146. The highest BCUT2D eigenvalue weighted by Gasteiger charge is 2.25. The summed E-state index contributed by atoms with van der Waals surface area (Å²) in [5, 5.41) is 8.89. The molecule has 0 bridgehead atoms. The van der Waals surface area contributed by atoms with Crippen molar-refractivity contribution in [2.24, 2.45) is 0 Å². The van der Waals surface area contributed by atoms with Gasteiger partial charge < -0.3 is 9.47 Å². The molecule has 5 nitrogen and oxygen atoms in total. The van der Waals surface area contributed by atoms with Crippen LogP contribution in [0, 0.1) is 25.2 Å². The van der Waals surface area contributed by atoms with E-state index in [9.17, 15) is 4.79 Å². The predicted molar refractivity (Wildman–Crippen MR) is 107 cm³/mol. The summed E-state index contributed by atoms with van der Waals surface area (Å²) in [5.41, 5.74) is 4.93. The Hall–Kier alpha value is -2.58. The number of aromatic nitrogens is 1. The minimum Gasteiger partial charge on any atom is -0.346 e. The molecule has 1 fully saturated rings. The summed E-state index contributed by atoms with van der Waals surface area (Å²) >= 11 is 0. The molecule has 0 aliphatic carbocycles. The summed E-state index contributed by atoms with van der Waals surface area (Å²) in [6.45, 7) is 12.5. The van der Waals surface area contributed by atoms with E-state index in [1.165, 1.54) is 5.56 Å². The van der Waals surface area contributed by atoms with Gasteiger partial charge in [0.05, 0.1) is 17.2 Å². The molecule has 0 unspecified atom stereocenters. The van der Waals surface area contributed by atoms with E-state index >= 15 is 0 Å². The Morgan fingerprint density at radius 1 is 1.11 bits per heavy atom. The second-order valence-corrected chi connectivity index (χ2v) is 7.63. The molecular weight excluding hydrogens is 336 g/mol. The van der Waals surface area contributed by atoms with Crippen LogP contribution in [0.25, 0.3) is 0 Å². The smallest absolute Gasteiger partial charge is 0.255 e. The molecule has 5 heteroatoms. The number of piperazine rings is 1. The third-order valence-corrected chi connectivity index (χ3v) is 5.38. The molecule has 1 aromatic carbocycles. The van der Waals surface area contributed by atoms with E-state index in [0.29, 0.717) is 11.6 Å². The third kappa shape index (κ3) is 4.06. The van der Waals surface area contributed by atoms with Crippen molar-refractivity contribution in [1.82, 2.24) is 14.4 Å². The van der Waals surface area contributed by atoms with E-state index < -0.39 is 0 Å². The number of aryl methyl sites for hydroxylation is 1. The summed E-state index contributed by atoms with van der Waals surface area (Å²) < 4.78 is 2.23. The highest BCUT2D eigenvalue weighted by atomic mass is 16.2. The Morgan fingerprint density at radius 2 is 1.74 bits per heavy atom.